The van der Waals surface area contributed by atoms with Gasteiger partial charge in [-0.1, -0.05) is 6.07 Å². The maximum atomic E-state index is 12.5. The minimum atomic E-state index is -0.0371. The fourth-order valence-electron chi connectivity index (χ4n) is 2.89. The lowest BCUT2D eigenvalue weighted by Crippen LogP contribution is -2.21. The third-order valence-corrected chi connectivity index (χ3v) is 5.56. The molecule has 5 nitrogen and oxygen atoms in total. The molecule has 2 aromatic heterocycles. The summed E-state index contributed by atoms with van der Waals surface area (Å²) in [6.45, 7) is 8.13. The van der Waals surface area contributed by atoms with Gasteiger partial charge >= 0.3 is 0 Å². The molecule has 0 aliphatic carbocycles. The van der Waals surface area contributed by atoms with Crippen molar-refractivity contribution in [1.82, 2.24) is 9.97 Å². The Balaban J connectivity index is 1.65. The Kier molecular flexibility index (Phi) is 6.19. The van der Waals surface area contributed by atoms with E-state index < -0.39 is 0 Å². The van der Waals surface area contributed by atoms with Gasteiger partial charge in [0, 0.05) is 35.5 Å². The molecular formula is C21H24N4OS. The molecule has 1 amide bonds. The maximum Gasteiger partial charge on any atom is 0.229 e. The second-order valence-corrected chi connectivity index (χ2v) is 7.27. The molecule has 0 atom stereocenters. The minimum Gasteiger partial charge on any atom is -0.372 e. The van der Waals surface area contributed by atoms with Gasteiger partial charge in [-0.2, -0.15) is 0 Å². The third kappa shape index (κ3) is 4.71. The first-order chi connectivity index (χ1) is 13.1. The number of hydrogen-bond donors (Lipinski definition) is 1. The summed E-state index contributed by atoms with van der Waals surface area (Å²) in [4.78, 5) is 24.6. The van der Waals surface area contributed by atoms with Crippen molar-refractivity contribution >= 4 is 28.6 Å². The van der Waals surface area contributed by atoms with Gasteiger partial charge in [-0.05, 0) is 57.2 Å². The first-order valence-corrected chi connectivity index (χ1v) is 9.95. The summed E-state index contributed by atoms with van der Waals surface area (Å²) in [5.74, 6) is -0.0371. The standard InChI is InChI=1S/C21H24N4OS/c1-4-25(5-2)17-11-9-16(10-12-17)24-20(26)14-19-15(3)23-21(27-19)18-8-6-7-13-22-18/h6-13H,4-5,14H2,1-3H3,(H,24,26). The van der Waals surface area contributed by atoms with Crippen molar-refractivity contribution in [3.8, 4) is 10.7 Å². The Morgan fingerprint density at radius 2 is 1.85 bits per heavy atom. The van der Waals surface area contributed by atoms with Crippen molar-refractivity contribution in [2.75, 3.05) is 23.3 Å². The average molecular weight is 381 g/mol. The molecule has 0 fully saturated rings. The van der Waals surface area contributed by atoms with Crippen LogP contribution in [0.2, 0.25) is 0 Å². The summed E-state index contributed by atoms with van der Waals surface area (Å²) in [5.41, 5.74) is 3.69. The van der Waals surface area contributed by atoms with Crippen molar-refractivity contribution in [2.45, 2.75) is 27.2 Å². The molecule has 0 saturated carbocycles. The Morgan fingerprint density at radius 1 is 1.11 bits per heavy atom. The van der Waals surface area contributed by atoms with Crippen molar-refractivity contribution in [3.05, 3.63) is 59.2 Å². The van der Waals surface area contributed by atoms with Crippen LogP contribution in [0.1, 0.15) is 24.4 Å². The molecule has 0 spiro atoms. The zero-order chi connectivity index (χ0) is 19.2. The number of pyridine rings is 1. The van der Waals surface area contributed by atoms with Crippen LogP contribution < -0.4 is 10.2 Å². The van der Waals surface area contributed by atoms with E-state index in [0.717, 1.165) is 45.7 Å². The molecule has 0 aliphatic rings. The van der Waals surface area contributed by atoms with Crippen LogP contribution in [-0.4, -0.2) is 29.0 Å². The summed E-state index contributed by atoms with van der Waals surface area (Å²) in [7, 11) is 0. The number of nitrogens with zero attached hydrogens (tertiary/aromatic N) is 3. The number of carbonyl (C=O) groups is 1. The molecule has 1 aromatic carbocycles. The van der Waals surface area contributed by atoms with Crippen LogP contribution in [0.15, 0.2) is 48.7 Å². The van der Waals surface area contributed by atoms with Gasteiger partial charge in [0.15, 0.2) is 0 Å². The fourth-order valence-corrected chi connectivity index (χ4v) is 3.92. The Bertz CT molecular complexity index is 886. The van der Waals surface area contributed by atoms with Gasteiger partial charge in [-0.3, -0.25) is 9.78 Å². The fraction of sp³-hybridized carbons (Fsp3) is 0.286. The van der Waals surface area contributed by atoms with E-state index in [0.29, 0.717) is 6.42 Å². The molecule has 2 heterocycles. The van der Waals surface area contributed by atoms with Crippen LogP contribution in [0.4, 0.5) is 11.4 Å². The summed E-state index contributed by atoms with van der Waals surface area (Å²) in [6, 6.07) is 13.7. The number of nitrogens with one attached hydrogen (secondary N) is 1. The molecule has 3 aromatic rings. The molecule has 1 N–H and O–H groups in total. The molecule has 6 heteroatoms. The van der Waals surface area contributed by atoms with Crippen LogP contribution >= 0.6 is 11.3 Å². The van der Waals surface area contributed by atoms with Gasteiger partial charge in [0.05, 0.1) is 17.8 Å². The molecular weight excluding hydrogens is 356 g/mol. The molecule has 0 unspecified atom stereocenters. The van der Waals surface area contributed by atoms with Crippen LogP contribution in [-0.2, 0) is 11.2 Å². The van der Waals surface area contributed by atoms with Gasteiger partial charge in [-0.25, -0.2) is 4.98 Å². The summed E-state index contributed by atoms with van der Waals surface area (Å²) < 4.78 is 0. The molecule has 27 heavy (non-hydrogen) atoms. The number of carbonyl (C=O) groups excluding carboxylic acids is 1. The summed E-state index contributed by atoms with van der Waals surface area (Å²) in [6.07, 6.45) is 2.06. The second-order valence-electron chi connectivity index (χ2n) is 6.19. The van der Waals surface area contributed by atoms with E-state index in [1.165, 1.54) is 11.3 Å². The number of aromatic nitrogens is 2. The SMILES string of the molecule is CCN(CC)c1ccc(NC(=O)Cc2sc(-c3ccccn3)nc2C)cc1. The zero-order valence-corrected chi connectivity index (χ0v) is 16.7. The lowest BCUT2D eigenvalue weighted by atomic mass is 10.2. The summed E-state index contributed by atoms with van der Waals surface area (Å²) in [5, 5.41) is 3.82. The number of amides is 1. The second kappa shape index (κ2) is 8.77. The number of benzene rings is 1. The molecule has 140 valence electrons. The van der Waals surface area contributed by atoms with Crippen molar-refractivity contribution in [1.29, 1.82) is 0 Å². The largest absolute Gasteiger partial charge is 0.372 e. The zero-order valence-electron chi connectivity index (χ0n) is 15.9. The topological polar surface area (TPSA) is 58.1 Å². The first kappa shape index (κ1) is 19.0. The van der Waals surface area contributed by atoms with Crippen molar-refractivity contribution in [2.24, 2.45) is 0 Å². The number of rotatable bonds is 7. The van der Waals surface area contributed by atoms with E-state index in [1.54, 1.807) is 6.20 Å². The van der Waals surface area contributed by atoms with E-state index in [-0.39, 0.29) is 5.91 Å². The smallest absolute Gasteiger partial charge is 0.229 e. The van der Waals surface area contributed by atoms with Crippen molar-refractivity contribution < 1.29 is 4.79 Å². The number of anilines is 2. The molecule has 0 saturated heterocycles. The minimum absolute atomic E-state index is 0.0371. The highest BCUT2D eigenvalue weighted by atomic mass is 32.1. The monoisotopic (exact) mass is 380 g/mol. The normalized spacial score (nSPS) is 10.6. The lowest BCUT2D eigenvalue weighted by molar-refractivity contribution is -0.115. The van der Waals surface area contributed by atoms with Crippen molar-refractivity contribution in [3.63, 3.8) is 0 Å². The highest BCUT2D eigenvalue weighted by Crippen LogP contribution is 2.27. The number of thiazole rings is 1. The first-order valence-electron chi connectivity index (χ1n) is 9.13. The van der Waals surface area contributed by atoms with Gasteiger partial charge in [-0.15, -0.1) is 11.3 Å². The highest BCUT2D eigenvalue weighted by Gasteiger charge is 2.14. The highest BCUT2D eigenvalue weighted by molar-refractivity contribution is 7.15. The van der Waals surface area contributed by atoms with Crippen LogP contribution in [0, 0.1) is 6.92 Å². The lowest BCUT2D eigenvalue weighted by Gasteiger charge is -2.21. The van der Waals surface area contributed by atoms with E-state index in [4.69, 9.17) is 0 Å². The molecule has 0 aliphatic heterocycles. The van der Waals surface area contributed by atoms with E-state index >= 15 is 0 Å². The molecule has 3 rings (SSSR count). The van der Waals surface area contributed by atoms with E-state index in [1.807, 2.05) is 49.4 Å². The van der Waals surface area contributed by atoms with Crippen LogP contribution in [0.3, 0.4) is 0 Å². The molecule has 0 radical (unpaired) electrons. The summed E-state index contributed by atoms with van der Waals surface area (Å²) >= 11 is 1.52. The Hall–Kier alpha value is -2.73. The Morgan fingerprint density at radius 3 is 2.48 bits per heavy atom. The van der Waals surface area contributed by atoms with Crippen LogP contribution in [0.25, 0.3) is 10.7 Å². The van der Waals surface area contributed by atoms with Gasteiger partial charge in [0.25, 0.3) is 0 Å². The average Bonchev–Trinajstić information content (AvgIpc) is 3.05. The van der Waals surface area contributed by atoms with Gasteiger partial charge < -0.3 is 10.2 Å². The Labute approximate surface area is 164 Å². The maximum absolute atomic E-state index is 12.5. The quantitative estimate of drug-likeness (QED) is 0.654. The predicted octanol–water partition coefficient (Wildman–Crippen LogP) is 4.54. The predicted molar refractivity (Wildman–Crippen MR) is 112 cm³/mol. The third-order valence-electron chi connectivity index (χ3n) is 4.38. The van der Waals surface area contributed by atoms with Gasteiger partial charge in [0.1, 0.15) is 5.01 Å². The van der Waals surface area contributed by atoms with Gasteiger partial charge in [0.2, 0.25) is 5.91 Å². The van der Waals surface area contributed by atoms with E-state index in [2.05, 4.69) is 34.0 Å². The molecule has 0 bridgehead atoms. The number of hydrogen-bond acceptors (Lipinski definition) is 5. The number of aryl methyl sites for hydroxylation is 1. The van der Waals surface area contributed by atoms with E-state index in [9.17, 15) is 4.79 Å². The van der Waals surface area contributed by atoms with Crippen LogP contribution in [0.5, 0.6) is 0 Å².